The monoisotopic (exact) mass is 233 g/mol. The van der Waals surface area contributed by atoms with Crippen LogP contribution in [0.3, 0.4) is 0 Å². The van der Waals surface area contributed by atoms with Crippen molar-refractivity contribution in [1.82, 2.24) is 5.32 Å². The van der Waals surface area contributed by atoms with Crippen LogP contribution in [0.2, 0.25) is 0 Å². The summed E-state index contributed by atoms with van der Waals surface area (Å²) in [6.07, 6.45) is -3.91. The van der Waals surface area contributed by atoms with Gasteiger partial charge in [-0.1, -0.05) is 6.04 Å². The normalized spacial score (nSPS) is 39.4. The SMILES string of the molecule is [2H]c1c(OCC2([2H])OC(=O)NC2([2H])[2H])c([2H])c(C([2H])([2H])[2H])c([2H])c1C([2H])([2H])[2H]. The number of alkyl carbamates (subject to hydrolysis) is 1. The highest BCUT2D eigenvalue weighted by Gasteiger charge is 2.22. The third-order valence-electron chi connectivity index (χ3n) is 1.59. The molecule has 16 heavy (non-hydrogen) atoms. The number of cyclic esters (lactones) is 1. The molecule has 1 heterocycles. The minimum Gasteiger partial charge on any atom is -0.490 e. The van der Waals surface area contributed by atoms with Gasteiger partial charge in [0.25, 0.3) is 0 Å². The Kier molecular flexibility index (Phi) is 0.938. The molecule has 1 aliphatic rings. The molecule has 0 aliphatic carbocycles. The highest BCUT2D eigenvalue weighted by Crippen LogP contribution is 2.16. The van der Waals surface area contributed by atoms with Gasteiger partial charge in [0, 0.05) is 8.22 Å². The highest BCUT2D eigenvalue weighted by molar-refractivity contribution is 5.69. The predicted octanol–water partition coefficient (Wildman–Crippen LogP) is 1.79. The Bertz CT molecular complexity index is 777. The molecule has 4 nitrogen and oxygen atoms in total. The molecule has 86 valence electrons. The molecular formula is C12H15NO3. The molecule has 0 radical (unpaired) electrons. The standard InChI is InChI=1S/C12H15NO3/c1-8-3-9(2)5-10(4-8)15-7-11-6-13-12(14)16-11/h3-5,11H,6-7H2,1-2H3,(H,13,14)/i1D3,2D3,3D,4D,5D,6D2,11D. The van der Waals surface area contributed by atoms with E-state index in [1.54, 1.807) is 5.32 Å². The molecule has 1 saturated heterocycles. The Morgan fingerprint density at radius 2 is 2.44 bits per heavy atom. The predicted molar refractivity (Wildman–Crippen MR) is 59.7 cm³/mol. The molecule has 1 aromatic carbocycles. The van der Waals surface area contributed by atoms with Gasteiger partial charge in [0.05, 0.1) is 14.7 Å². The van der Waals surface area contributed by atoms with Crippen molar-refractivity contribution < 1.29 is 30.7 Å². The molecule has 1 aliphatic heterocycles. The van der Waals surface area contributed by atoms with Crippen molar-refractivity contribution in [3.05, 3.63) is 29.3 Å². The first kappa shape index (κ1) is 3.39. The maximum atomic E-state index is 11.2. The number of ether oxygens (including phenoxy) is 2. The van der Waals surface area contributed by atoms with Gasteiger partial charge in [-0.2, -0.15) is 0 Å². The van der Waals surface area contributed by atoms with Crippen molar-refractivity contribution in [3.8, 4) is 5.75 Å². The summed E-state index contributed by atoms with van der Waals surface area (Å²) in [6, 6.07) is -2.96. The van der Waals surface area contributed by atoms with Crippen LogP contribution in [0.5, 0.6) is 5.75 Å². The summed E-state index contributed by atoms with van der Waals surface area (Å²) < 4.78 is 101. The lowest BCUT2D eigenvalue weighted by molar-refractivity contribution is 0.105. The fourth-order valence-electron chi connectivity index (χ4n) is 1.00. The zero-order valence-corrected chi connectivity index (χ0v) is 7.93. The van der Waals surface area contributed by atoms with E-state index in [4.69, 9.17) is 21.2 Å². The largest absolute Gasteiger partial charge is 0.490 e. The first-order valence-corrected chi connectivity index (χ1v) is 4.21. The van der Waals surface area contributed by atoms with Crippen LogP contribution in [0.15, 0.2) is 18.1 Å². The van der Waals surface area contributed by atoms with Gasteiger partial charge < -0.3 is 14.8 Å². The van der Waals surface area contributed by atoms with Gasteiger partial charge in [-0.05, 0) is 36.9 Å². The fraction of sp³-hybridized carbons (Fsp3) is 0.417. The molecule has 1 unspecified atom stereocenters. The van der Waals surface area contributed by atoms with Crippen molar-refractivity contribution >= 4 is 6.09 Å². The second-order valence-corrected chi connectivity index (χ2v) is 2.81. The van der Waals surface area contributed by atoms with Crippen LogP contribution >= 0.6 is 0 Å². The van der Waals surface area contributed by atoms with E-state index in [0.29, 0.717) is 0 Å². The lowest BCUT2D eigenvalue weighted by Gasteiger charge is -2.11. The third kappa shape index (κ3) is 2.66. The van der Waals surface area contributed by atoms with Crippen molar-refractivity contribution in [2.24, 2.45) is 0 Å². The summed E-state index contributed by atoms with van der Waals surface area (Å²) in [5.74, 6) is -0.876. The molecule has 1 N–H and O–H groups in total. The molecule has 0 bridgehead atoms. The van der Waals surface area contributed by atoms with E-state index in [0.717, 1.165) is 0 Å². The van der Waals surface area contributed by atoms with Gasteiger partial charge in [-0.25, -0.2) is 4.79 Å². The van der Waals surface area contributed by atoms with Crippen LogP contribution in [0.1, 0.15) is 27.6 Å². The van der Waals surface area contributed by atoms with Crippen LogP contribution in [0, 0.1) is 13.7 Å². The number of nitrogens with one attached hydrogen (secondary N) is 1. The van der Waals surface area contributed by atoms with Crippen LogP contribution < -0.4 is 10.1 Å². The number of carbonyl (C=O) groups excluding carboxylic acids is 1. The molecule has 1 atom stereocenters. The van der Waals surface area contributed by atoms with Crippen LogP contribution in [0.4, 0.5) is 4.79 Å². The van der Waals surface area contributed by atoms with E-state index in [-0.39, 0.29) is 0 Å². The Morgan fingerprint density at radius 3 is 3.00 bits per heavy atom. The van der Waals surface area contributed by atoms with Crippen molar-refractivity contribution in [2.45, 2.75) is 19.8 Å². The molecule has 1 aromatic rings. The van der Waals surface area contributed by atoms with E-state index >= 15 is 0 Å². The number of hydrogen-bond acceptors (Lipinski definition) is 3. The van der Waals surface area contributed by atoms with Crippen LogP contribution in [0.25, 0.3) is 0 Å². The van der Waals surface area contributed by atoms with Crippen molar-refractivity contribution in [3.63, 3.8) is 0 Å². The van der Waals surface area contributed by atoms with E-state index in [2.05, 4.69) is 4.74 Å². The molecule has 4 heteroatoms. The van der Waals surface area contributed by atoms with Gasteiger partial charge in [0.2, 0.25) is 0 Å². The molecule has 1 amide bonds. The summed E-state index contributed by atoms with van der Waals surface area (Å²) in [5.41, 5.74) is -1.93. The van der Waals surface area contributed by atoms with E-state index in [1.165, 1.54) is 0 Å². The van der Waals surface area contributed by atoms with Crippen LogP contribution in [-0.4, -0.2) is 25.3 Å². The summed E-state index contributed by atoms with van der Waals surface area (Å²) in [4.78, 5) is 11.2. The van der Waals surface area contributed by atoms with Crippen LogP contribution in [-0.2, 0) is 4.74 Å². The van der Waals surface area contributed by atoms with E-state index in [1.807, 2.05) is 0 Å². The average molecular weight is 233 g/mol. The Hall–Kier alpha value is -1.71. The Labute approximate surface area is 111 Å². The molecule has 1 fully saturated rings. The maximum absolute atomic E-state index is 11.2. The summed E-state index contributed by atoms with van der Waals surface area (Å²) >= 11 is 0. The summed E-state index contributed by atoms with van der Waals surface area (Å²) in [6.45, 7) is -9.94. The van der Waals surface area contributed by atoms with Crippen molar-refractivity contribution in [2.75, 3.05) is 13.1 Å². The maximum Gasteiger partial charge on any atom is 0.407 e. The van der Waals surface area contributed by atoms with E-state index < -0.39 is 74.0 Å². The van der Waals surface area contributed by atoms with Gasteiger partial charge in [0.1, 0.15) is 12.4 Å². The summed E-state index contributed by atoms with van der Waals surface area (Å²) in [5, 5.41) is 1.73. The molecular weight excluding hydrogens is 206 g/mol. The topological polar surface area (TPSA) is 47.6 Å². The minimum atomic E-state index is -3.07. The lowest BCUT2D eigenvalue weighted by atomic mass is 10.1. The fourth-order valence-corrected chi connectivity index (χ4v) is 1.00. The Balaban J connectivity index is 2.60. The van der Waals surface area contributed by atoms with Gasteiger partial charge in [0.15, 0.2) is 6.08 Å². The Morgan fingerprint density at radius 1 is 1.69 bits per heavy atom. The number of hydrogen-bond donors (Lipinski definition) is 1. The van der Waals surface area contributed by atoms with E-state index in [9.17, 15) is 4.79 Å². The molecule has 2 rings (SSSR count). The van der Waals surface area contributed by atoms with Gasteiger partial charge in [-0.15, -0.1) is 0 Å². The minimum absolute atomic E-state index is 0.876. The lowest BCUT2D eigenvalue weighted by Crippen LogP contribution is -2.21. The van der Waals surface area contributed by atoms with Crippen molar-refractivity contribution in [1.29, 1.82) is 0 Å². The number of carbonyl (C=O) groups is 1. The highest BCUT2D eigenvalue weighted by atomic mass is 16.6. The van der Waals surface area contributed by atoms with Gasteiger partial charge >= 0.3 is 6.09 Å². The number of amides is 1. The average Bonchev–Trinajstić information content (AvgIpc) is 2.62. The number of benzene rings is 1. The summed E-state index contributed by atoms with van der Waals surface area (Å²) in [7, 11) is 0. The molecule has 0 saturated carbocycles. The van der Waals surface area contributed by atoms with Gasteiger partial charge in [-0.3, -0.25) is 0 Å². The smallest absolute Gasteiger partial charge is 0.407 e. The second kappa shape index (κ2) is 4.43. The second-order valence-electron chi connectivity index (χ2n) is 2.81. The zero-order valence-electron chi connectivity index (χ0n) is 19.9. The molecule has 0 aromatic heterocycles. The first-order valence-electron chi connectivity index (χ1n) is 10.2. The third-order valence-corrected chi connectivity index (χ3v) is 1.59. The first-order chi connectivity index (χ1) is 12.4. The molecule has 0 spiro atoms. The quantitative estimate of drug-likeness (QED) is 0.866. The number of rotatable bonds is 3. The zero-order chi connectivity index (χ0) is 21.9.